The summed E-state index contributed by atoms with van der Waals surface area (Å²) < 4.78 is 5.69. The normalized spacial score (nSPS) is 12.6. The summed E-state index contributed by atoms with van der Waals surface area (Å²) in [5.41, 5.74) is 8.79. The van der Waals surface area contributed by atoms with E-state index in [-0.39, 0.29) is 6.04 Å². The summed E-state index contributed by atoms with van der Waals surface area (Å²) in [7, 11) is 0. The van der Waals surface area contributed by atoms with Gasteiger partial charge in [0.15, 0.2) is 0 Å². The lowest BCUT2D eigenvalue weighted by molar-refractivity contribution is 0.434. The average Bonchev–Trinajstić information content (AvgIpc) is 2.88. The summed E-state index contributed by atoms with van der Waals surface area (Å²) in [5, 5.41) is 0. The summed E-state index contributed by atoms with van der Waals surface area (Å²) >= 11 is 0. The zero-order valence-corrected chi connectivity index (χ0v) is 11.1. The van der Waals surface area contributed by atoms with Crippen LogP contribution in [0.15, 0.2) is 40.8 Å². The van der Waals surface area contributed by atoms with Gasteiger partial charge in [-0.1, -0.05) is 38.1 Å². The van der Waals surface area contributed by atoms with E-state index in [1.165, 1.54) is 11.1 Å². The minimum Gasteiger partial charge on any atom is -0.464 e. The number of benzene rings is 1. The van der Waals surface area contributed by atoms with Crippen LogP contribution >= 0.6 is 0 Å². The Kier molecular flexibility index (Phi) is 4.21. The first kappa shape index (κ1) is 12.9. The van der Waals surface area contributed by atoms with E-state index in [1.807, 2.05) is 12.1 Å². The topological polar surface area (TPSA) is 39.2 Å². The van der Waals surface area contributed by atoms with Crippen molar-refractivity contribution in [2.75, 3.05) is 0 Å². The second kappa shape index (κ2) is 5.87. The van der Waals surface area contributed by atoms with Crippen LogP contribution in [0, 0.1) is 0 Å². The molecule has 0 aliphatic rings. The van der Waals surface area contributed by atoms with Gasteiger partial charge in [-0.3, -0.25) is 0 Å². The summed E-state index contributed by atoms with van der Waals surface area (Å²) in [4.78, 5) is 0. The van der Waals surface area contributed by atoms with Crippen molar-refractivity contribution in [2.24, 2.45) is 5.73 Å². The fraction of sp³-hybridized carbons (Fsp3) is 0.375. The highest BCUT2D eigenvalue weighted by Crippen LogP contribution is 2.19. The first-order chi connectivity index (χ1) is 8.72. The first-order valence-electron chi connectivity index (χ1n) is 6.65. The fourth-order valence-electron chi connectivity index (χ4n) is 2.05. The Morgan fingerprint density at radius 3 is 2.17 bits per heavy atom. The number of nitrogens with two attached hydrogens (primary N) is 1. The summed E-state index contributed by atoms with van der Waals surface area (Å²) in [6.45, 7) is 4.24. The molecule has 1 aromatic carbocycles. The van der Waals surface area contributed by atoms with Crippen LogP contribution in [0.5, 0.6) is 0 Å². The van der Waals surface area contributed by atoms with Crippen LogP contribution in [0.4, 0.5) is 0 Å². The molecule has 0 saturated heterocycles. The minimum atomic E-state index is -0.0576. The predicted molar refractivity (Wildman–Crippen MR) is 74.5 cm³/mol. The molecule has 0 aliphatic heterocycles. The first-order valence-corrected chi connectivity index (χ1v) is 6.65. The Balaban J connectivity index is 2.03. The molecule has 0 radical (unpaired) electrons. The number of furan rings is 1. The Labute approximate surface area is 109 Å². The molecular weight excluding hydrogens is 222 g/mol. The van der Waals surface area contributed by atoms with Crippen LogP contribution in [0.1, 0.15) is 42.5 Å². The highest BCUT2D eigenvalue weighted by Gasteiger charge is 2.11. The van der Waals surface area contributed by atoms with E-state index in [4.69, 9.17) is 10.2 Å². The zero-order chi connectivity index (χ0) is 13.0. The van der Waals surface area contributed by atoms with E-state index in [0.717, 1.165) is 30.8 Å². The SMILES string of the molecule is CCc1ccc(CC(N)c2ccc(CC)o2)cc1. The van der Waals surface area contributed by atoms with Crippen LogP contribution in [0.3, 0.4) is 0 Å². The third kappa shape index (κ3) is 3.02. The molecule has 0 spiro atoms. The second-order valence-corrected chi connectivity index (χ2v) is 4.64. The van der Waals surface area contributed by atoms with Gasteiger partial charge in [0.05, 0.1) is 6.04 Å². The van der Waals surface area contributed by atoms with Gasteiger partial charge in [-0.15, -0.1) is 0 Å². The lowest BCUT2D eigenvalue weighted by atomic mass is 10.0. The van der Waals surface area contributed by atoms with E-state index >= 15 is 0 Å². The average molecular weight is 243 g/mol. The van der Waals surface area contributed by atoms with Crippen molar-refractivity contribution in [2.45, 2.75) is 39.2 Å². The Hall–Kier alpha value is -1.54. The van der Waals surface area contributed by atoms with E-state index in [1.54, 1.807) is 0 Å². The monoisotopic (exact) mass is 243 g/mol. The molecule has 0 bridgehead atoms. The molecule has 1 aromatic heterocycles. The van der Waals surface area contributed by atoms with Crippen molar-refractivity contribution in [3.63, 3.8) is 0 Å². The molecular formula is C16H21NO. The maximum Gasteiger partial charge on any atom is 0.121 e. The largest absolute Gasteiger partial charge is 0.464 e. The lowest BCUT2D eigenvalue weighted by Gasteiger charge is -2.09. The van der Waals surface area contributed by atoms with Crippen LogP contribution < -0.4 is 5.73 Å². The Morgan fingerprint density at radius 1 is 0.944 bits per heavy atom. The van der Waals surface area contributed by atoms with Crippen molar-refractivity contribution in [1.82, 2.24) is 0 Å². The third-order valence-corrected chi connectivity index (χ3v) is 3.28. The maximum absolute atomic E-state index is 6.17. The van der Waals surface area contributed by atoms with Gasteiger partial charge < -0.3 is 10.2 Å². The van der Waals surface area contributed by atoms with Crippen molar-refractivity contribution in [3.8, 4) is 0 Å². The molecule has 0 amide bonds. The molecule has 0 fully saturated rings. The van der Waals surface area contributed by atoms with Gasteiger partial charge in [0.2, 0.25) is 0 Å². The van der Waals surface area contributed by atoms with Gasteiger partial charge in [0.1, 0.15) is 11.5 Å². The van der Waals surface area contributed by atoms with Crippen molar-refractivity contribution >= 4 is 0 Å². The van der Waals surface area contributed by atoms with E-state index < -0.39 is 0 Å². The van der Waals surface area contributed by atoms with E-state index in [9.17, 15) is 0 Å². The summed E-state index contributed by atoms with van der Waals surface area (Å²) in [5.74, 6) is 1.88. The quantitative estimate of drug-likeness (QED) is 0.870. The number of hydrogen-bond donors (Lipinski definition) is 1. The van der Waals surface area contributed by atoms with Crippen LogP contribution in [-0.4, -0.2) is 0 Å². The lowest BCUT2D eigenvalue weighted by Crippen LogP contribution is -2.12. The van der Waals surface area contributed by atoms with Gasteiger partial charge in [-0.05, 0) is 36.1 Å². The smallest absolute Gasteiger partial charge is 0.121 e. The molecule has 0 aliphatic carbocycles. The molecule has 1 unspecified atom stereocenters. The molecule has 2 aromatic rings. The standard InChI is InChI=1S/C16H21NO/c1-3-12-5-7-13(8-6-12)11-15(17)16-10-9-14(4-2)18-16/h5-10,15H,3-4,11,17H2,1-2H3. The van der Waals surface area contributed by atoms with Crippen molar-refractivity contribution in [3.05, 3.63) is 59.0 Å². The fourth-order valence-corrected chi connectivity index (χ4v) is 2.05. The molecule has 18 heavy (non-hydrogen) atoms. The molecule has 2 heteroatoms. The molecule has 1 heterocycles. The molecule has 1 atom stereocenters. The van der Waals surface area contributed by atoms with Crippen molar-refractivity contribution < 1.29 is 4.42 Å². The molecule has 0 saturated carbocycles. The molecule has 2 N–H and O–H groups in total. The second-order valence-electron chi connectivity index (χ2n) is 4.64. The van der Waals surface area contributed by atoms with Gasteiger partial charge in [-0.2, -0.15) is 0 Å². The molecule has 2 nitrogen and oxygen atoms in total. The maximum atomic E-state index is 6.17. The van der Waals surface area contributed by atoms with Gasteiger partial charge >= 0.3 is 0 Å². The minimum absolute atomic E-state index is 0.0576. The van der Waals surface area contributed by atoms with Crippen molar-refractivity contribution in [1.29, 1.82) is 0 Å². The highest BCUT2D eigenvalue weighted by atomic mass is 16.3. The van der Waals surface area contributed by atoms with Crippen LogP contribution in [0.25, 0.3) is 0 Å². The summed E-state index contributed by atoms with van der Waals surface area (Å²) in [6.07, 6.45) is 2.81. The van der Waals surface area contributed by atoms with Crippen LogP contribution in [-0.2, 0) is 19.3 Å². The van der Waals surface area contributed by atoms with Gasteiger partial charge in [-0.25, -0.2) is 0 Å². The number of rotatable bonds is 5. The summed E-state index contributed by atoms with van der Waals surface area (Å²) in [6, 6.07) is 12.6. The van der Waals surface area contributed by atoms with Gasteiger partial charge in [0.25, 0.3) is 0 Å². The van der Waals surface area contributed by atoms with Crippen LogP contribution in [0.2, 0.25) is 0 Å². The molecule has 96 valence electrons. The highest BCUT2D eigenvalue weighted by molar-refractivity contribution is 5.24. The zero-order valence-electron chi connectivity index (χ0n) is 11.1. The Bertz CT molecular complexity index is 484. The number of aryl methyl sites for hydroxylation is 2. The third-order valence-electron chi connectivity index (χ3n) is 3.28. The van der Waals surface area contributed by atoms with E-state index in [0.29, 0.717) is 0 Å². The van der Waals surface area contributed by atoms with E-state index in [2.05, 4.69) is 38.1 Å². The van der Waals surface area contributed by atoms with Gasteiger partial charge in [0, 0.05) is 6.42 Å². The molecule has 2 rings (SSSR count). The predicted octanol–water partition coefficient (Wildman–Crippen LogP) is 3.65. The Morgan fingerprint density at radius 2 is 1.61 bits per heavy atom. The number of hydrogen-bond acceptors (Lipinski definition) is 2.